The number of rotatable bonds is 6. The van der Waals surface area contributed by atoms with E-state index in [0.717, 1.165) is 39.2 Å². The second-order valence-corrected chi connectivity index (χ2v) is 8.70. The number of hydrogen-bond acceptors (Lipinski definition) is 4. The Kier molecular flexibility index (Phi) is 5.94. The van der Waals surface area contributed by atoms with Crippen molar-refractivity contribution in [1.29, 1.82) is 0 Å². The van der Waals surface area contributed by atoms with Crippen LogP contribution in [-0.4, -0.2) is 17.8 Å². The van der Waals surface area contributed by atoms with Gasteiger partial charge in [0.25, 0.3) is 0 Å². The van der Waals surface area contributed by atoms with Gasteiger partial charge in [0, 0.05) is 40.7 Å². The predicted molar refractivity (Wildman–Crippen MR) is 129 cm³/mol. The molecule has 3 aromatic carbocycles. The SMILES string of the molecule is COc1cc(F)ccc1-c1ccc2c(c1CNc1ccccc1CO)C(C)=CC(C)(C)N2. The molecule has 0 bridgehead atoms. The Bertz CT molecular complexity index is 1180. The maximum atomic E-state index is 13.9. The standard InChI is InChI=1S/C27H29FN2O2/c1-17-14-27(2,3)30-24-12-11-20(21-10-9-19(28)13-25(21)32-4)22(26(17)24)15-29-23-8-6-5-7-18(23)16-31/h5-14,29-31H,15-16H2,1-4H3. The molecule has 0 radical (unpaired) electrons. The average molecular weight is 433 g/mol. The summed E-state index contributed by atoms with van der Waals surface area (Å²) in [6.07, 6.45) is 2.23. The van der Waals surface area contributed by atoms with Crippen LogP contribution in [0.4, 0.5) is 15.8 Å². The third kappa shape index (κ3) is 4.21. The van der Waals surface area contributed by atoms with Crippen LogP contribution in [0, 0.1) is 5.82 Å². The smallest absolute Gasteiger partial charge is 0.129 e. The van der Waals surface area contributed by atoms with Crippen LogP contribution in [0.1, 0.15) is 37.5 Å². The van der Waals surface area contributed by atoms with Crippen LogP contribution < -0.4 is 15.4 Å². The minimum absolute atomic E-state index is 0.0383. The molecule has 0 spiro atoms. The van der Waals surface area contributed by atoms with E-state index < -0.39 is 0 Å². The second kappa shape index (κ2) is 8.67. The molecule has 32 heavy (non-hydrogen) atoms. The van der Waals surface area contributed by atoms with E-state index in [1.54, 1.807) is 13.2 Å². The third-order valence-corrected chi connectivity index (χ3v) is 5.84. The van der Waals surface area contributed by atoms with E-state index >= 15 is 0 Å². The van der Waals surface area contributed by atoms with Gasteiger partial charge in [0.1, 0.15) is 11.6 Å². The average Bonchev–Trinajstić information content (AvgIpc) is 2.76. The van der Waals surface area contributed by atoms with Crippen LogP contribution in [0.25, 0.3) is 16.7 Å². The van der Waals surface area contributed by atoms with E-state index in [9.17, 15) is 9.50 Å². The summed E-state index contributed by atoms with van der Waals surface area (Å²) in [6.45, 7) is 6.91. The van der Waals surface area contributed by atoms with Crippen LogP contribution in [0.5, 0.6) is 5.75 Å². The number of aliphatic hydroxyl groups is 1. The highest BCUT2D eigenvalue weighted by Crippen LogP contribution is 2.42. The molecule has 5 heteroatoms. The van der Waals surface area contributed by atoms with Crippen LogP contribution in [0.15, 0.2) is 60.7 Å². The normalized spacial score (nSPS) is 14.2. The molecule has 0 aliphatic carbocycles. The molecule has 0 aromatic heterocycles. The highest BCUT2D eigenvalue weighted by molar-refractivity contribution is 5.88. The monoisotopic (exact) mass is 432 g/mol. The lowest BCUT2D eigenvalue weighted by Gasteiger charge is -2.33. The molecule has 1 aliphatic rings. The van der Waals surface area contributed by atoms with Gasteiger partial charge in [-0.2, -0.15) is 0 Å². The molecule has 4 nitrogen and oxygen atoms in total. The number of aliphatic hydroxyl groups excluding tert-OH is 1. The Hall–Kier alpha value is -3.31. The van der Waals surface area contributed by atoms with Crippen molar-refractivity contribution in [1.82, 2.24) is 0 Å². The molecule has 0 amide bonds. The summed E-state index contributed by atoms with van der Waals surface area (Å²) in [5.41, 5.74) is 7.83. The molecule has 0 saturated heterocycles. The molecule has 1 aliphatic heterocycles. The Morgan fingerprint density at radius 2 is 1.81 bits per heavy atom. The van der Waals surface area contributed by atoms with Gasteiger partial charge < -0.3 is 20.5 Å². The lowest BCUT2D eigenvalue weighted by molar-refractivity contribution is 0.282. The number of ether oxygens (including phenoxy) is 1. The summed E-state index contributed by atoms with van der Waals surface area (Å²) in [5, 5.41) is 16.8. The van der Waals surface area contributed by atoms with Crippen molar-refractivity contribution in [2.75, 3.05) is 17.7 Å². The van der Waals surface area contributed by atoms with Crippen molar-refractivity contribution in [2.24, 2.45) is 0 Å². The topological polar surface area (TPSA) is 53.5 Å². The molecule has 0 fully saturated rings. The molecule has 4 rings (SSSR count). The zero-order valence-electron chi connectivity index (χ0n) is 18.9. The zero-order chi connectivity index (χ0) is 22.9. The number of hydrogen-bond donors (Lipinski definition) is 3. The van der Waals surface area contributed by atoms with Crippen molar-refractivity contribution in [2.45, 2.75) is 39.5 Å². The minimum Gasteiger partial charge on any atom is -0.496 e. The fraction of sp³-hybridized carbons (Fsp3) is 0.259. The molecule has 0 unspecified atom stereocenters. The van der Waals surface area contributed by atoms with Gasteiger partial charge in [-0.05, 0) is 61.7 Å². The molecular weight excluding hydrogens is 403 g/mol. The first-order valence-electron chi connectivity index (χ1n) is 10.7. The molecule has 0 saturated carbocycles. The lowest BCUT2D eigenvalue weighted by Crippen LogP contribution is -2.32. The molecule has 3 N–H and O–H groups in total. The fourth-order valence-corrected chi connectivity index (χ4v) is 4.54. The zero-order valence-corrected chi connectivity index (χ0v) is 18.9. The van der Waals surface area contributed by atoms with Crippen LogP contribution in [0.2, 0.25) is 0 Å². The number of anilines is 2. The quantitative estimate of drug-likeness (QED) is 0.433. The van der Waals surface area contributed by atoms with Gasteiger partial charge >= 0.3 is 0 Å². The number of benzene rings is 3. The van der Waals surface area contributed by atoms with Crippen molar-refractivity contribution in [3.63, 3.8) is 0 Å². The Balaban J connectivity index is 1.87. The second-order valence-electron chi connectivity index (χ2n) is 8.70. The van der Waals surface area contributed by atoms with Crippen molar-refractivity contribution in [3.8, 4) is 16.9 Å². The van der Waals surface area contributed by atoms with E-state index in [4.69, 9.17) is 4.74 Å². The van der Waals surface area contributed by atoms with Crippen LogP contribution in [-0.2, 0) is 13.2 Å². The number of allylic oxidation sites excluding steroid dienone is 1. The van der Waals surface area contributed by atoms with Gasteiger partial charge in [-0.1, -0.05) is 30.3 Å². The fourth-order valence-electron chi connectivity index (χ4n) is 4.54. The number of fused-ring (bicyclic) bond motifs is 1. The Labute approximate surface area is 188 Å². The van der Waals surface area contributed by atoms with Gasteiger partial charge in [0.05, 0.1) is 19.3 Å². The largest absolute Gasteiger partial charge is 0.496 e. The van der Waals surface area contributed by atoms with Gasteiger partial charge in [0.2, 0.25) is 0 Å². The maximum Gasteiger partial charge on any atom is 0.129 e. The Morgan fingerprint density at radius 3 is 2.56 bits per heavy atom. The highest BCUT2D eigenvalue weighted by Gasteiger charge is 2.26. The first-order valence-corrected chi connectivity index (χ1v) is 10.7. The highest BCUT2D eigenvalue weighted by atomic mass is 19.1. The van der Waals surface area contributed by atoms with E-state index in [0.29, 0.717) is 12.3 Å². The van der Waals surface area contributed by atoms with E-state index in [1.807, 2.05) is 24.3 Å². The Morgan fingerprint density at radius 1 is 1.06 bits per heavy atom. The summed E-state index contributed by atoms with van der Waals surface area (Å²) in [6, 6.07) is 16.5. The van der Waals surface area contributed by atoms with Gasteiger partial charge in [-0.15, -0.1) is 0 Å². The molecule has 3 aromatic rings. The van der Waals surface area contributed by atoms with Gasteiger partial charge in [0.15, 0.2) is 0 Å². The summed E-state index contributed by atoms with van der Waals surface area (Å²) in [7, 11) is 1.56. The third-order valence-electron chi connectivity index (χ3n) is 5.84. The van der Waals surface area contributed by atoms with Crippen LogP contribution in [0.3, 0.4) is 0 Å². The first kappa shape index (κ1) is 21.9. The number of methoxy groups -OCH3 is 1. The van der Waals surface area contributed by atoms with E-state index in [1.165, 1.54) is 17.7 Å². The van der Waals surface area contributed by atoms with Gasteiger partial charge in [-0.25, -0.2) is 4.39 Å². The number of nitrogens with one attached hydrogen (secondary N) is 2. The molecule has 1 heterocycles. The van der Waals surface area contributed by atoms with Crippen molar-refractivity contribution < 1.29 is 14.2 Å². The van der Waals surface area contributed by atoms with Crippen LogP contribution >= 0.6 is 0 Å². The lowest BCUT2D eigenvalue weighted by atomic mass is 9.85. The van der Waals surface area contributed by atoms with Gasteiger partial charge in [-0.3, -0.25) is 0 Å². The first-order chi connectivity index (χ1) is 15.3. The maximum absolute atomic E-state index is 13.9. The number of halogens is 1. The summed E-state index contributed by atoms with van der Waals surface area (Å²) < 4.78 is 19.4. The molecule has 0 atom stereocenters. The van der Waals surface area contributed by atoms with Crippen molar-refractivity contribution >= 4 is 16.9 Å². The predicted octanol–water partition coefficient (Wildman–Crippen LogP) is 6.21. The van der Waals surface area contributed by atoms with E-state index in [-0.39, 0.29) is 18.0 Å². The summed E-state index contributed by atoms with van der Waals surface area (Å²) >= 11 is 0. The number of para-hydroxylation sites is 1. The molecular formula is C27H29FN2O2. The van der Waals surface area contributed by atoms with E-state index in [2.05, 4.69) is 49.6 Å². The molecule has 166 valence electrons. The van der Waals surface area contributed by atoms with Crippen molar-refractivity contribution in [3.05, 3.63) is 83.2 Å². The summed E-state index contributed by atoms with van der Waals surface area (Å²) in [5.74, 6) is 0.160. The minimum atomic E-state index is -0.334. The summed E-state index contributed by atoms with van der Waals surface area (Å²) in [4.78, 5) is 0.